The van der Waals surface area contributed by atoms with Crippen LogP contribution in [0.2, 0.25) is 0 Å². The molecule has 0 aliphatic carbocycles. The van der Waals surface area contributed by atoms with Crippen molar-refractivity contribution in [2.45, 2.75) is 11.4 Å². The number of ether oxygens (including phenoxy) is 2. The molecular formula is C18H22N2O4S. The van der Waals surface area contributed by atoms with Crippen LogP contribution in [0.1, 0.15) is 5.56 Å². The van der Waals surface area contributed by atoms with Crippen LogP contribution in [0.5, 0.6) is 5.75 Å². The molecule has 0 atom stereocenters. The zero-order chi connectivity index (χ0) is 17.9. The summed E-state index contributed by atoms with van der Waals surface area (Å²) in [6, 6.07) is 12.6. The fraction of sp³-hybridized carbons (Fsp3) is 0.333. The molecule has 1 aliphatic rings. The van der Waals surface area contributed by atoms with E-state index in [1.165, 1.54) is 17.7 Å². The van der Waals surface area contributed by atoms with E-state index in [0.717, 1.165) is 49.7 Å². The molecule has 0 unspecified atom stereocenters. The molecule has 2 aromatic carbocycles. The summed E-state index contributed by atoms with van der Waals surface area (Å²) in [5.41, 5.74) is 2.98. The molecule has 1 saturated heterocycles. The Kier molecular flexibility index (Phi) is 5.39. The summed E-state index contributed by atoms with van der Waals surface area (Å²) in [6.45, 7) is 4.21. The summed E-state index contributed by atoms with van der Waals surface area (Å²) in [6.07, 6.45) is 0. The van der Waals surface area contributed by atoms with E-state index in [9.17, 15) is 8.42 Å². The van der Waals surface area contributed by atoms with Gasteiger partial charge in [0.2, 0.25) is 10.0 Å². The second-order valence-corrected chi connectivity index (χ2v) is 7.55. The summed E-state index contributed by atoms with van der Waals surface area (Å²) < 4.78 is 33.7. The van der Waals surface area contributed by atoms with Crippen LogP contribution in [-0.4, -0.2) is 46.7 Å². The normalized spacial score (nSPS) is 15.9. The largest absolute Gasteiger partial charge is 0.496 e. The van der Waals surface area contributed by atoms with Gasteiger partial charge in [0, 0.05) is 25.2 Å². The van der Waals surface area contributed by atoms with Gasteiger partial charge in [-0.15, -0.1) is 0 Å². The lowest BCUT2D eigenvalue weighted by atomic mass is 10.0. The number of rotatable bonds is 5. The van der Waals surface area contributed by atoms with Gasteiger partial charge in [-0.05, 0) is 35.4 Å². The van der Waals surface area contributed by atoms with Crippen LogP contribution in [0.4, 0.5) is 0 Å². The Hall–Kier alpha value is -1.93. The number of hydrogen-bond acceptors (Lipinski definition) is 5. The van der Waals surface area contributed by atoms with E-state index in [1.54, 1.807) is 19.2 Å². The average molecular weight is 362 g/mol. The van der Waals surface area contributed by atoms with Gasteiger partial charge in [-0.25, -0.2) is 13.6 Å². The van der Waals surface area contributed by atoms with Crippen LogP contribution in [0.15, 0.2) is 47.4 Å². The van der Waals surface area contributed by atoms with Gasteiger partial charge in [0.1, 0.15) is 5.75 Å². The standard InChI is InChI=1S/C18H22N2O4S/c1-23-18-7-2-14(13-20-8-10-24-11-9-20)12-17(18)15-3-5-16(6-4-15)25(19,21)22/h2-7,12H,8-11,13H2,1H3,(H2,19,21,22). The van der Waals surface area contributed by atoms with E-state index in [0.29, 0.717) is 0 Å². The van der Waals surface area contributed by atoms with Crippen LogP contribution >= 0.6 is 0 Å². The zero-order valence-corrected chi connectivity index (χ0v) is 15.0. The molecule has 134 valence electrons. The van der Waals surface area contributed by atoms with Crippen molar-refractivity contribution in [1.29, 1.82) is 0 Å². The van der Waals surface area contributed by atoms with E-state index in [2.05, 4.69) is 17.0 Å². The predicted molar refractivity (Wildman–Crippen MR) is 95.9 cm³/mol. The van der Waals surface area contributed by atoms with Crippen molar-refractivity contribution in [3.05, 3.63) is 48.0 Å². The lowest BCUT2D eigenvalue weighted by Gasteiger charge is -2.26. The van der Waals surface area contributed by atoms with Crippen molar-refractivity contribution in [3.8, 4) is 16.9 Å². The SMILES string of the molecule is COc1ccc(CN2CCOCC2)cc1-c1ccc(S(N)(=O)=O)cc1. The molecule has 0 saturated carbocycles. The predicted octanol–water partition coefficient (Wildman–Crippen LogP) is 1.84. The molecule has 0 spiro atoms. The monoisotopic (exact) mass is 362 g/mol. The number of morpholine rings is 1. The van der Waals surface area contributed by atoms with Gasteiger partial charge in [0.25, 0.3) is 0 Å². The molecule has 0 aromatic heterocycles. The topological polar surface area (TPSA) is 81.9 Å². The molecule has 2 N–H and O–H groups in total. The molecule has 3 rings (SSSR count). The van der Waals surface area contributed by atoms with Crippen molar-refractivity contribution in [2.24, 2.45) is 5.14 Å². The molecular weight excluding hydrogens is 340 g/mol. The van der Waals surface area contributed by atoms with Gasteiger partial charge in [0.05, 0.1) is 25.2 Å². The van der Waals surface area contributed by atoms with Crippen LogP contribution in [0.25, 0.3) is 11.1 Å². The van der Waals surface area contributed by atoms with Gasteiger partial charge < -0.3 is 9.47 Å². The minimum absolute atomic E-state index is 0.0969. The summed E-state index contributed by atoms with van der Waals surface area (Å²) >= 11 is 0. The molecule has 1 heterocycles. The average Bonchev–Trinajstić information content (AvgIpc) is 2.62. The van der Waals surface area contributed by atoms with Crippen molar-refractivity contribution >= 4 is 10.0 Å². The molecule has 6 nitrogen and oxygen atoms in total. The highest BCUT2D eigenvalue weighted by Gasteiger charge is 2.14. The number of sulfonamides is 1. The lowest BCUT2D eigenvalue weighted by Crippen LogP contribution is -2.35. The van der Waals surface area contributed by atoms with E-state index in [1.807, 2.05) is 6.07 Å². The minimum Gasteiger partial charge on any atom is -0.496 e. The Balaban J connectivity index is 1.89. The van der Waals surface area contributed by atoms with E-state index in [-0.39, 0.29) is 4.90 Å². The minimum atomic E-state index is -3.69. The van der Waals surface area contributed by atoms with Gasteiger partial charge in [0.15, 0.2) is 0 Å². The molecule has 0 radical (unpaired) electrons. The number of nitrogens with two attached hydrogens (primary N) is 1. The zero-order valence-electron chi connectivity index (χ0n) is 14.1. The fourth-order valence-electron chi connectivity index (χ4n) is 2.92. The number of nitrogens with zero attached hydrogens (tertiary/aromatic N) is 1. The van der Waals surface area contributed by atoms with Crippen molar-refractivity contribution in [1.82, 2.24) is 4.90 Å². The quantitative estimate of drug-likeness (QED) is 0.878. The second kappa shape index (κ2) is 7.53. The third-order valence-corrected chi connectivity index (χ3v) is 5.20. The number of hydrogen-bond donors (Lipinski definition) is 1. The first-order valence-corrected chi connectivity index (χ1v) is 9.62. The van der Waals surface area contributed by atoms with Crippen LogP contribution < -0.4 is 9.88 Å². The van der Waals surface area contributed by atoms with Crippen molar-refractivity contribution in [2.75, 3.05) is 33.4 Å². The summed E-state index contributed by atoms with van der Waals surface area (Å²) in [4.78, 5) is 2.44. The van der Waals surface area contributed by atoms with Gasteiger partial charge in [-0.1, -0.05) is 18.2 Å². The number of benzene rings is 2. The third kappa shape index (κ3) is 4.38. The molecule has 1 fully saturated rings. The van der Waals surface area contributed by atoms with Gasteiger partial charge in [-0.2, -0.15) is 0 Å². The fourth-order valence-corrected chi connectivity index (χ4v) is 3.44. The van der Waals surface area contributed by atoms with Crippen molar-refractivity contribution in [3.63, 3.8) is 0 Å². The molecule has 2 aromatic rings. The molecule has 7 heteroatoms. The van der Waals surface area contributed by atoms with Crippen LogP contribution in [0, 0.1) is 0 Å². The smallest absolute Gasteiger partial charge is 0.238 e. The van der Waals surface area contributed by atoms with E-state index in [4.69, 9.17) is 14.6 Å². The maximum Gasteiger partial charge on any atom is 0.238 e. The highest BCUT2D eigenvalue weighted by Crippen LogP contribution is 2.32. The lowest BCUT2D eigenvalue weighted by molar-refractivity contribution is 0.0342. The maximum atomic E-state index is 11.4. The van der Waals surface area contributed by atoms with E-state index >= 15 is 0 Å². The first-order chi connectivity index (χ1) is 12.0. The third-order valence-electron chi connectivity index (χ3n) is 4.27. The van der Waals surface area contributed by atoms with Crippen molar-refractivity contribution < 1.29 is 17.9 Å². The highest BCUT2D eigenvalue weighted by atomic mass is 32.2. The second-order valence-electron chi connectivity index (χ2n) is 5.99. The Bertz CT molecular complexity index is 829. The van der Waals surface area contributed by atoms with Gasteiger partial charge >= 0.3 is 0 Å². The highest BCUT2D eigenvalue weighted by molar-refractivity contribution is 7.89. The molecule has 1 aliphatic heterocycles. The molecule has 0 bridgehead atoms. The molecule has 25 heavy (non-hydrogen) atoms. The number of primary sulfonamides is 1. The first-order valence-electron chi connectivity index (χ1n) is 8.07. The number of methoxy groups -OCH3 is 1. The summed E-state index contributed by atoms with van der Waals surface area (Å²) in [5.74, 6) is 0.745. The Morgan fingerprint density at radius 3 is 2.40 bits per heavy atom. The Labute approximate surface area is 148 Å². The van der Waals surface area contributed by atoms with Gasteiger partial charge in [-0.3, -0.25) is 4.90 Å². The molecule has 0 amide bonds. The maximum absolute atomic E-state index is 11.4. The summed E-state index contributed by atoms with van der Waals surface area (Å²) in [5, 5.41) is 5.16. The van der Waals surface area contributed by atoms with Crippen LogP contribution in [0.3, 0.4) is 0 Å². The Morgan fingerprint density at radius 1 is 1.12 bits per heavy atom. The van der Waals surface area contributed by atoms with E-state index < -0.39 is 10.0 Å². The Morgan fingerprint density at radius 2 is 1.80 bits per heavy atom. The van der Waals surface area contributed by atoms with Crippen LogP contribution in [-0.2, 0) is 21.3 Å². The summed E-state index contributed by atoms with van der Waals surface area (Å²) in [7, 11) is -2.07. The first kappa shape index (κ1) is 17.9.